The highest BCUT2D eigenvalue weighted by atomic mass is 16.6. The van der Waals surface area contributed by atoms with Crippen molar-refractivity contribution in [3.63, 3.8) is 0 Å². The first-order valence-corrected chi connectivity index (χ1v) is 8.38. The van der Waals surface area contributed by atoms with Gasteiger partial charge in [-0.1, -0.05) is 6.07 Å². The first-order valence-electron chi connectivity index (χ1n) is 8.38. The summed E-state index contributed by atoms with van der Waals surface area (Å²) in [7, 11) is 1.31. The standard InChI is InChI=1S/C19H21N3O5/c1-13-16(19(24)27-2)5-3-6-17(13)21-18(23)7-4-12-20-14-8-10-15(11-9-14)22(25)26/h3,5-6,8-11,20H,4,7,12H2,1-2H3,(H,21,23). The van der Waals surface area contributed by atoms with E-state index in [1.54, 1.807) is 37.3 Å². The number of anilines is 2. The van der Waals surface area contributed by atoms with E-state index in [1.807, 2.05) is 0 Å². The predicted molar refractivity (Wildman–Crippen MR) is 102 cm³/mol. The van der Waals surface area contributed by atoms with E-state index in [1.165, 1.54) is 19.2 Å². The number of hydrogen-bond acceptors (Lipinski definition) is 6. The van der Waals surface area contributed by atoms with Crippen molar-refractivity contribution in [3.8, 4) is 0 Å². The summed E-state index contributed by atoms with van der Waals surface area (Å²) in [6.07, 6.45) is 0.875. The summed E-state index contributed by atoms with van der Waals surface area (Å²) < 4.78 is 4.72. The van der Waals surface area contributed by atoms with Crippen LogP contribution in [0.4, 0.5) is 17.1 Å². The van der Waals surface area contributed by atoms with Crippen LogP contribution in [-0.2, 0) is 9.53 Å². The molecule has 0 aliphatic rings. The van der Waals surface area contributed by atoms with Crippen LogP contribution in [0.3, 0.4) is 0 Å². The zero-order chi connectivity index (χ0) is 19.8. The molecule has 0 heterocycles. The second-order valence-electron chi connectivity index (χ2n) is 5.85. The Morgan fingerprint density at radius 1 is 1.15 bits per heavy atom. The Kier molecular flexibility index (Phi) is 6.87. The minimum Gasteiger partial charge on any atom is -0.465 e. The fourth-order valence-corrected chi connectivity index (χ4v) is 2.50. The third-order valence-electron chi connectivity index (χ3n) is 4.00. The monoisotopic (exact) mass is 371 g/mol. The van der Waals surface area contributed by atoms with E-state index in [0.29, 0.717) is 36.2 Å². The third-order valence-corrected chi connectivity index (χ3v) is 4.00. The number of non-ortho nitro benzene ring substituents is 1. The number of hydrogen-bond donors (Lipinski definition) is 2. The number of nitro groups is 1. The van der Waals surface area contributed by atoms with E-state index in [4.69, 9.17) is 4.74 Å². The molecule has 0 fully saturated rings. The first kappa shape index (κ1) is 19.9. The Balaban J connectivity index is 1.81. The van der Waals surface area contributed by atoms with Gasteiger partial charge in [0.2, 0.25) is 5.91 Å². The van der Waals surface area contributed by atoms with Gasteiger partial charge in [-0.15, -0.1) is 0 Å². The molecule has 27 heavy (non-hydrogen) atoms. The van der Waals surface area contributed by atoms with E-state index < -0.39 is 10.9 Å². The molecule has 1 amide bonds. The Morgan fingerprint density at radius 2 is 1.85 bits per heavy atom. The minimum absolute atomic E-state index is 0.0319. The fraction of sp³-hybridized carbons (Fsp3) is 0.263. The number of nitro benzene ring substituents is 1. The van der Waals surface area contributed by atoms with Crippen molar-refractivity contribution in [2.24, 2.45) is 0 Å². The van der Waals surface area contributed by atoms with Gasteiger partial charge in [0.25, 0.3) is 5.69 Å². The van der Waals surface area contributed by atoms with Gasteiger partial charge in [-0.25, -0.2) is 4.79 Å². The molecule has 0 radical (unpaired) electrons. The lowest BCUT2D eigenvalue weighted by molar-refractivity contribution is -0.384. The molecule has 8 heteroatoms. The molecule has 2 aromatic carbocycles. The van der Waals surface area contributed by atoms with Crippen molar-refractivity contribution >= 4 is 28.9 Å². The molecule has 0 aliphatic heterocycles. The van der Waals surface area contributed by atoms with E-state index >= 15 is 0 Å². The summed E-state index contributed by atoms with van der Waals surface area (Å²) in [6, 6.07) is 11.2. The van der Waals surface area contributed by atoms with Crippen LogP contribution in [0.25, 0.3) is 0 Å². The second-order valence-corrected chi connectivity index (χ2v) is 5.85. The number of benzene rings is 2. The Bertz CT molecular complexity index is 834. The van der Waals surface area contributed by atoms with Crippen LogP contribution in [0.1, 0.15) is 28.8 Å². The molecule has 2 rings (SSSR count). The molecular formula is C19H21N3O5. The van der Waals surface area contributed by atoms with Crippen LogP contribution in [0.2, 0.25) is 0 Å². The van der Waals surface area contributed by atoms with Gasteiger partial charge < -0.3 is 15.4 Å². The molecule has 0 bridgehead atoms. The molecule has 0 saturated carbocycles. The van der Waals surface area contributed by atoms with Gasteiger partial charge in [-0.05, 0) is 43.2 Å². The van der Waals surface area contributed by atoms with Crippen molar-refractivity contribution < 1.29 is 19.2 Å². The average molecular weight is 371 g/mol. The topological polar surface area (TPSA) is 111 Å². The lowest BCUT2D eigenvalue weighted by Crippen LogP contribution is -2.15. The highest BCUT2D eigenvalue weighted by Gasteiger charge is 2.13. The van der Waals surface area contributed by atoms with Crippen molar-refractivity contribution in [1.29, 1.82) is 0 Å². The zero-order valence-electron chi connectivity index (χ0n) is 15.2. The molecule has 2 N–H and O–H groups in total. The largest absolute Gasteiger partial charge is 0.465 e. The van der Waals surface area contributed by atoms with Crippen LogP contribution < -0.4 is 10.6 Å². The van der Waals surface area contributed by atoms with Crippen molar-refractivity contribution in [3.05, 3.63) is 63.7 Å². The predicted octanol–water partition coefficient (Wildman–Crippen LogP) is 3.52. The van der Waals surface area contributed by atoms with Crippen LogP contribution in [0, 0.1) is 17.0 Å². The second kappa shape index (κ2) is 9.33. The molecule has 142 valence electrons. The van der Waals surface area contributed by atoms with Crippen LogP contribution in [0.5, 0.6) is 0 Å². The maximum absolute atomic E-state index is 12.1. The quantitative estimate of drug-likeness (QED) is 0.318. The first-order chi connectivity index (χ1) is 12.9. The molecule has 0 aliphatic carbocycles. The molecular weight excluding hydrogens is 350 g/mol. The lowest BCUT2D eigenvalue weighted by atomic mass is 10.1. The number of ether oxygens (including phenoxy) is 1. The van der Waals surface area contributed by atoms with Crippen LogP contribution >= 0.6 is 0 Å². The van der Waals surface area contributed by atoms with E-state index in [9.17, 15) is 19.7 Å². The number of carbonyl (C=O) groups excluding carboxylic acids is 2. The van der Waals surface area contributed by atoms with E-state index in [-0.39, 0.29) is 11.6 Å². The number of amides is 1. The van der Waals surface area contributed by atoms with Gasteiger partial charge >= 0.3 is 5.97 Å². The molecule has 0 aromatic heterocycles. The number of nitrogens with zero attached hydrogens (tertiary/aromatic N) is 1. The molecule has 0 saturated heterocycles. The Hall–Kier alpha value is -3.42. The summed E-state index contributed by atoms with van der Waals surface area (Å²) in [6.45, 7) is 2.30. The minimum atomic E-state index is -0.453. The Morgan fingerprint density at radius 3 is 2.48 bits per heavy atom. The van der Waals surface area contributed by atoms with E-state index in [2.05, 4.69) is 10.6 Å². The lowest BCUT2D eigenvalue weighted by Gasteiger charge is -2.11. The summed E-state index contributed by atoms with van der Waals surface area (Å²) in [4.78, 5) is 34.0. The van der Waals surface area contributed by atoms with Gasteiger partial charge in [0.1, 0.15) is 0 Å². The zero-order valence-corrected chi connectivity index (χ0v) is 15.2. The van der Waals surface area contributed by atoms with Crippen LogP contribution in [-0.4, -0.2) is 30.5 Å². The van der Waals surface area contributed by atoms with Gasteiger partial charge in [-0.2, -0.15) is 0 Å². The summed E-state index contributed by atoms with van der Waals surface area (Å²) >= 11 is 0. The normalized spacial score (nSPS) is 10.1. The maximum Gasteiger partial charge on any atom is 0.338 e. The number of carbonyl (C=O) groups is 2. The van der Waals surface area contributed by atoms with Gasteiger partial charge in [0, 0.05) is 36.5 Å². The SMILES string of the molecule is COC(=O)c1cccc(NC(=O)CCCNc2ccc([N+](=O)[O-])cc2)c1C. The Labute approximate surface area is 156 Å². The number of esters is 1. The maximum atomic E-state index is 12.1. The number of nitrogens with one attached hydrogen (secondary N) is 2. The van der Waals surface area contributed by atoms with Crippen molar-refractivity contribution in [2.45, 2.75) is 19.8 Å². The molecule has 2 aromatic rings. The van der Waals surface area contributed by atoms with Crippen molar-refractivity contribution in [2.75, 3.05) is 24.3 Å². The highest BCUT2D eigenvalue weighted by Crippen LogP contribution is 2.20. The number of methoxy groups -OCH3 is 1. The molecule has 8 nitrogen and oxygen atoms in total. The molecule has 0 spiro atoms. The molecule has 0 unspecified atom stereocenters. The van der Waals surface area contributed by atoms with E-state index in [0.717, 1.165) is 5.69 Å². The van der Waals surface area contributed by atoms with Crippen LogP contribution in [0.15, 0.2) is 42.5 Å². The molecule has 0 atom stereocenters. The number of rotatable bonds is 8. The smallest absolute Gasteiger partial charge is 0.338 e. The van der Waals surface area contributed by atoms with Gasteiger partial charge in [-0.3, -0.25) is 14.9 Å². The van der Waals surface area contributed by atoms with Crippen molar-refractivity contribution in [1.82, 2.24) is 0 Å². The summed E-state index contributed by atoms with van der Waals surface area (Å²) in [5.41, 5.74) is 2.43. The third kappa shape index (κ3) is 5.53. The summed E-state index contributed by atoms with van der Waals surface area (Å²) in [5, 5.41) is 16.5. The van der Waals surface area contributed by atoms with Gasteiger partial charge in [0.05, 0.1) is 17.6 Å². The fourth-order valence-electron chi connectivity index (χ4n) is 2.50. The summed E-state index contributed by atoms with van der Waals surface area (Å²) in [5.74, 6) is -0.610. The van der Waals surface area contributed by atoms with Gasteiger partial charge in [0.15, 0.2) is 0 Å². The highest BCUT2D eigenvalue weighted by molar-refractivity contribution is 5.96. The average Bonchev–Trinajstić information content (AvgIpc) is 2.66.